The second-order valence-corrected chi connectivity index (χ2v) is 12.1. The molecule has 0 spiro atoms. The van der Waals surface area contributed by atoms with Gasteiger partial charge in [0.1, 0.15) is 0 Å². The van der Waals surface area contributed by atoms with Crippen LogP contribution in [-0.4, -0.2) is 69.2 Å². The molecule has 2 fully saturated rings. The van der Waals surface area contributed by atoms with Crippen LogP contribution in [0.5, 0.6) is 11.6 Å². The summed E-state index contributed by atoms with van der Waals surface area (Å²) in [4.78, 5) is 29.5. The van der Waals surface area contributed by atoms with Gasteiger partial charge in [-0.3, -0.25) is 9.69 Å². The van der Waals surface area contributed by atoms with Gasteiger partial charge >= 0.3 is 5.97 Å². The number of nitrogens with one attached hydrogen (secondary N) is 1. The summed E-state index contributed by atoms with van der Waals surface area (Å²) in [6, 6.07) is 9.28. The Kier molecular flexibility index (Phi) is 8.75. The van der Waals surface area contributed by atoms with E-state index in [1.807, 2.05) is 24.3 Å². The van der Waals surface area contributed by atoms with Gasteiger partial charge < -0.3 is 20.1 Å². The summed E-state index contributed by atoms with van der Waals surface area (Å²) in [6.45, 7) is 9.23. The van der Waals surface area contributed by atoms with E-state index in [2.05, 4.69) is 38.9 Å². The summed E-state index contributed by atoms with van der Waals surface area (Å²) < 4.78 is 6.16. The molecule has 212 valence electrons. The van der Waals surface area contributed by atoms with Crippen molar-refractivity contribution in [3.05, 3.63) is 58.3 Å². The van der Waals surface area contributed by atoms with Crippen molar-refractivity contribution >= 4 is 35.1 Å². The molecule has 9 nitrogen and oxygen atoms in total. The minimum absolute atomic E-state index is 0.00764. The number of piperidine rings is 1. The van der Waals surface area contributed by atoms with Crippen LogP contribution in [0, 0.1) is 5.92 Å². The van der Waals surface area contributed by atoms with E-state index in [0.717, 1.165) is 56.7 Å². The molecule has 4 heterocycles. The molecule has 1 aromatic carbocycles. The molecule has 0 radical (unpaired) electrons. The zero-order chi connectivity index (χ0) is 28.3. The number of ether oxygens (including phenoxy) is 1. The topological polar surface area (TPSA) is 104 Å². The highest BCUT2D eigenvalue weighted by atomic mass is 35.5. The minimum atomic E-state index is -0.729. The number of benzene rings is 1. The Balaban J connectivity index is 1.35. The largest absolute Gasteiger partial charge is 0.481 e. The zero-order valence-corrected chi connectivity index (χ0v) is 24.3. The molecular formula is C29H34Cl2N6O3. The number of piperazine rings is 1. The van der Waals surface area contributed by atoms with Crippen molar-refractivity contribution in [1.29, 1.82) is 0 Å². The molecule has 0 bridgehead atoms. The maximum Gasteiger partial charge on any atom is 0.303 e. The molecule has 40 heavy (non-hydrogen) atoms. The van der Waals surface area contributed by atoms with E-state index >= 15 is 0 Å². The number of likely N-dealkylation sites (tertiary alicyclic amines) is 1. The Labute approximate surface area is 244 Å². The van der Waals surface area contributed by atoms with Gasteiger partial charge in [0.2, 0.25) is 11.8 Å². The van der Waals surface area contributed by atoms with E-state index in [4.69, 9.17) is 38.0 Å². The fourth-order valence-corrected chi connectivity index (χ4v) is 5.89. The third-order valence-electron chi connectivity index (χ3n) is 7.29. The molecule has 2 aliphatic heterocycles. The Bertz CT molecular complexity index is 1330. The lowest BCUT2D eigenvalue weighted by Gasteiger charge is -2.39. The summed E-state index contributed by atoms with van der Waals surface area (Å²) in [5.41, 5.74) is 2.50. The second kappa shape index (κ2) is 12.3. The molecule has 11 heteroatoms. The zero-order valence-electron chi connectivity index (χ0n) is 22.7. The first-order valence-electron chi connectivity index (χ1n) is 13.5. The molecule has 0 aliphatic carbocycles. The highest BCUT2D eigenvalue weighted by Crippen LogP contribution is 2.31. The molecule has 2 saturated heterocycles. The van der Waals surface area contributed by atoms with Crippen LogP contribution >= 0.6 is 23.2 Å². The lowest BCUT2D eigenvalue weighted by Crippen LogP contribution is -2.57. The summed E-state index contributed by atoms with van der Waals surface area (Å²) in [5, 5.41) is 13.7. The first kappa shape index (κ1) is 28.5. The Morgan fingerprint density at radius 1 is 1.07 bits per heavy atom. The number of aliphatic carboxylic acids is 1. The summed E-state index contributed by atoms with van der Waals surface area (Å²) in [7, 11) is 0. The smallest absolute Gasteiger partial charge is 0.303 e. The highest BCUT2D eigenvalue weighted by molar-refractivity contribution is 6.35. The number of halogens is 2. The van der Waals surface area contributed by atoms with Crippen LogP contribution in [0.3, 0.4) is 0 Å². The fourth-order valence-electron chi connectivity index (χ4n) is 5.36. The molecule has 5 rings (SSSR count). The van der Waals surface area contributed by atoms with Crippen LogP contribution in [0.25, 0.3) is 11.3 Å². The van der Waals surface area contributed by atoms with Crippen molar-refractivity contribution in [3.63, 3.8) is 0 Å². The van der Waals surface area contributed by atoms with Crippen LogP contribution in [0.2, 0.25) is 10.0 Å². The Morgan fingerprint density at radius 2 is 1.77 bits per heavy atom. The van der Waals surface area contributed by atoms with Gasteiger partial charge in [-0.1, -0.05) is 23.2 Å². The number of nitrogens with zero attached hydrogens (tertiary/aromatic N) is 5. The lowest BCUT2D eigenvalue weighted by atomic mass is 9.93. The van der Waals surface area contributed by atoms with Gasteiger partial charge in [0.05, 0.1) is 18.1 Å². The van der Waals surface area contributed by atoms with Crippen molar-refractivity contribution in [2.45, 2.75) is 45.2 Å². The lowest BCUT2D eigenvalue weighted by molar-refractivity contribution is -0.138. The fraction of sp³-hybridized carbons (Fsp3) is 0.448. The van der Waals surface area contributed by atoms with Gasteiger partial charge in [-0.2, -0.15) is 0 Å². The Morgan fingerprint density at radius 3 is 2.42 bits per heavy atom. The average molecular weight is 586 g/mol. The monoisotopic (exact) mass is 584 g/mol. The number of hydrogen-bond donors (Lipinski definition) is 2. The number of carbonyl (C=O) groups is 1. The number of hydrogen-bond acceptors (Lipinski definition) is 8. The molecular weight excluding hydrogens is 551 g/mol. The summed E-state index contributed by atoms with van der Waals surface area (Å²) in [6.07, 6.45) is 5.31. The Hall–Kier alpha value is -2.98. The maximum absolute atomic E-state index is 11.1. The summed E-state index contributed by atoms with van der Waals surface area (Å²) >= 11 is 12.6. The number of carboxylic acids is 1. The van der Waals surface area contributed by atoms with Gasteiger partial charge in [0, 0.05) is 59.8 Å². The standard InChI is InChI=1S/C29H34Cl2N6O3/c1-29(2)18-37(8-5-34-29)28-32-15-24(16-33-28)40-26-10-20(17-36-6-3-19(4-7-36)11-27(38)39)9-25(35-26)21-12-22(30)14-23(31)13-21/h9-10,12-16,19,34H,3-8,11,17-18H2,1-2H3,(H,38,39). The van der Waals surface area contributed by atoms with Crippen LogP contribution in [0.1, 0.15) is 38.7 Å². The quantitative estimate of drug-likeness (QED) is 0.354. The summed E-state index contributed by atoms with van der Waals surface area (Å²) in [5.74, 6) is 1.08. The van der Waals surface area contributed by atoms with E-state index in [-0.39, 0.29) is 17.9 Å². The van der Waals surface area contributed by atoms with Crippen molar-refractivity contribution in [2.24, 2.45) is 5.92 Å². The molecule has 3 aromatic rings. The molecule has 0 atom stereocenters. The molecule has 0 saturated carbocycles. The van der Waals surface area contributed by atoms with Crippen LogP contribution < -0.4 is 15.0 Å². The first-order chi connectivity index (χ1) is 19.1. The van der Waals surface area contributed by atoms with Gasteiger partial charge in [-0.25, -0.2) is 15.0 Å². The van der Waals surface area contributed by atoms with Crippen LogP contribution in [-0.2, 0) is 11.3 Å². The molecule has 2 N–H and O–H groups in total. The minimum Gasteiger partial charge on any atom is -0.481 e. The van der Waals surface area contributed by atoms with Crippen molar-refractivity contribution in [3.8, 4) is 22.9 Å². The van der Waals surface area contributed by atoms with E-state index < -0.39 is 5.97 Å². The first-order valence-corrected chi connectivity index (χ1v) is 14.3. The van der Waals surface area contributed by atoms with Gasteiger partial charge in [0.25, 0.3) is 0 Å². The van der Waals surface area contributed by atoms with E-state index in [1.165, 1.54) is 0 Å². The number of pyridine rings is 1. The van der Waals surface area contributed by atoms with E-state index in [0.29, 0.717) is 39.9 Å². The number of rotatable bonds is 8. The van der Waals surface area contributed by atoms with Crippen molar-refractivity contribution < 1.29 is 14.6 Å². The molecule has 0 amide bonds. The third kappa shape index (κ3) is 7.60. The average Bonchev–Trinajstić information content (AvgIpc) is 2.89. The van der Waals surface area contributed by atoms with Crippen LogP contribution in [0.15, 0.2) is 42.7 Å². The van der Waals surface area contributed by atoms with Crippen molar-refractivity contribution in [2.75, 3.05) is 37.6 Å². The SMILES string of the molecule is CC1(C)CN(c2ncc(Oc3cc(CN4CCC(CC(=O)O)CC4)cc(-c4cc(Cl)cc(Cl)c4)n3)cn2)CCN1. The van der Waals surface area contributed by atoms with Crippen LogP contribution in [0.4, 0.5) is 5.95 Å². The van der Waals surface area contributed by atoms with Gasteiger partial charge in [0.15, 0.2) is 5.75 Å². The molecule has 0 unspecified atom stereocenters. The third-order valence-corrected chi connectivity index (χ3v) is 7.72. The predicted molar refractivity (Wildman–Crippen MR) is 156 cm³/mol. The van der Waals surface area contributed by atoms with Crippen molar-refractivity contribution in [1.82, 2.24) is 25.2 Å². The van der Waals surface area contributed by atoms with Gasteiger partial charge in [-0.05, 0) is 75.5 Å². The number of carboxylic acid groups (broad SMARTS) is 1. The normalized spacial score (nSPS) is 18.1. The van der Waals surface area contributed by atoms with E-state index in [1.54, 1.807) is 18.5 Å². The number of aromatic nitrogens is 3. The molecule has 2 aromatic heterocycles. The highest BCUT2D eigenvalue weighted by Gasteiger charge is 2.27. The second-order valence-electron chi connectivity index (χ2n) is 11.2. The molecule has 2 aliphatic rings. The van der Waals surface area contributed by atoms with Gasteiger partial charge in [-0.15, -0.1) is 0 Å². The predicted octanol–water partition coefficient (Wildman–Crippen LogP) is 5.51. The van der Waals surface area contributed by atoms with E-state index in [9.17, 15) is 4.79 Å². The maximum atomic E-state index is 11.1. The number of anilines is 1.